The number of pyridine rings is 1. The van der Waals surface area contributed by atoms with Crippen molar-refractivity contribution in [1.29, 1.82) is 5.26 Å². The maximum atomic E-state index is 12.7. The fraction of sp³-hybridized carbons (Fsp3) is 0.333. The second-order valence-electron chi connectivity index (χ2n) is 8.54. The van der Waals surface area contributed by atoms with E-state index in [2.05, 4.69) is 16.4 Å². The minimum atomic E-state index is -0.388. The Morgan fingerprint density at radius 2 is 2.11 bits per heavy atom. The molecule has 3 aromatic rings. The van der Waals surface area contributed by atoms with Crippen LogP contribution in [0.4, 0.5) is 9.80 Å². The van der Waals surface area contributed by atoms with E-state index in [-0.39, 0.29) is 25.0 Å². The van der Waals surface area contributed by atoms with Gasteiger partial charge in [-0.05, 0) is 49.1 Å². The number of carbonyl (C=O) groups is 2. The number of amides is 2. The van der Waals surface area contributed by atoms with Crippen LogP contribution in [0.1, 0.15) is 39.2 Å². The summed E-state index contributed by atoms with van der Waals surface area (Å²) in [5, 5.41) is 13.2. The van der Waals surface area contributed by atoms with Crippen LogP contribution in [0.5, 0.6) is 5.75 Å². The SMILES string of the molecule is COc1ccc(C)cc1CCC(=O)Nc1sc2c(c1C#N)CCN(C(=O)OCCc1ccccn1)C2. The number of ether oxygens (including phenoxy) is 2. The summed E-state index contributed by atoms with van der Waals surface area (Å²) in [5.74, 6) is 0.587. The van der Waals surface area contributed by atoms with Crippen LogP contribution in [0, 0.1) is 18.3 Å². The summed E-state index contributed by atoms with van der Waals surface area (Å²) >= 11 is 1.35. The predicted octanol–water partition coefficient (Wildman–Crippen LogP) is 4.64. The number of nitrogens with one attached hydrogen (secondary N) is 1. The van der Waals surface area contributed by atoms with Crippen molar-refractivity contribution in [1.82, 2.24) is 9.88 Å². The van der Waals surface area contributed by atoms with Crippen LogP contribution < -0.4 is 10.1 Å². The molecule has 36 heavy (non-hydrogen) atoms. The van der Waals surface area contributed by atoms with Crippen molar-refractivity contribution in [2.45, 2.75) is 39.2 Å². The van der Waals surface area contributed by atoms with Crippen molar-refractivity contribution < 1.29 is 19.1 Å². The smallest absolute Gasteiger partial charge is 0.410 e. The van der Waals surface area contributed by atoms with E-state index in [1.807, 2.05) is 43.3 Å². The predicted molar refractivity (Wildman–Crippen MR) is 137 cm³/mol. The molecule has 8 nitrogen and oxygen atoms in total. The minimum Gasteiger partial charge on any atom is -0.496 e. The zero-order valence-electron chi connectivity index (χ0n) is 20.4. The van der Waals surface area contributed by atoms with Gasteiger partial charge in [-0.25, -0.2) is 4.79 Å². The number of aryl methyl sites for hydroxylation is 2. The number of fused-ring (bicyclic) bond motifs is 1. The van der Waals surface area contributed by atoms with Crippen LogP contribution in [0.25, 0.3) is 0 Å². The number of nitrogens with zero attached hydrogens (tertiary/aromatic N) is 3. The van der Waals surface area contributed by atoms with Gasteiger partial charge >= 0.3 is 6.09 Å². The van der Waals surface area contributed by atoms with Gasteiger partial charge in [-0.15, -0.1) is 11.3 Å². The van der Waals surface area contributed by atoms with Crippen molar-refractivity contribution in [2.24, 2.45) is 0 Å². The molecule has 0 atom stereocenters. The normalized spacial score (nSPS) is 12.4. The van der Waals surface area contributed by atoms with Gasteiger partial charge in [0.2, 0.25) is 5.91 Å². The molecule has 0 saturated heterocycles. The molecular formula is C27H28N4O4S. The van der Waals surface area contributed by atoms with Gasteiger partial charge < -0.3 is 19.7 Å². The molecule has 1 aliphatic rings. The second-order valence-corrected chi connectivity index (χ2v) is 9.65. The first kappa shape index (κ1) is 25.2. The van der Waals surface area contributed by atoms with Crippen molar-refractivity contribution in [2.75, 3.05) is 25.6 Å². The maximum Gasteiger partial charge on any atom is 0.410 e. The van der Waals surface area contributed by atoms with E-state index in [4.69, 9.17) is 9.47 Å². The Balaban J connectivity index is 1.35. The maximum absolute atomic E-state index is 12.7. The van der Waals surface area contributed by atoms with Gasteiger partial charge in [0.15, 0.2) is 0 Å². The van der Waals surface area contributed by atoms with E-state index in [0.717, 1.165) is 33.0 Å². The quantitative estimate of drug-likeness (QED) is 0.479. The Hall–Kier alpha value is -3.90. The number of thiophene rings is 1. The average Bonchev–Trinajstić information content (AvgIpc) is 3.24. The molecule has 2 amide bonds. The third kappa shape index (κ3) is 6.01. The Morgan fingerprint density at radius 1 is 1.25 bits per heavy atom. The topological polar surface area (TPSA) is 105 Å². The summed E-state index contributed by atoms with van der Waals surface area (Å²) in [5.41, 5.74) is 4.32. The first-order valence-electron chi connectivity index (χ1n) is 11.8. The van der Waals surface area contributed by atoms with Crippen LogP contribution in [-0.4, -0.2) is 42.1 Å². The zero-order chi connectivity index (χ0) is 25.5. The number of hydrogen-bond acceptors (Lipinski definition) is 7. The van der Waals surface area contributed by atoms with E-state index in [0.29, 0.717) is 42.9 Å². The highest BCUT2D eigenvalue weighted by atomic mass is 32.1. The molecule has 3 heterocycles. The number of aromatic nitrogens is 1. The lowest BCUT2D eigenvalue weighted by molar-refractivity contribution is -0.116. The largest absolute Gasteiger partial charge is 0.496 e. The molecular weight excluding hydrogens is 476 g/mol. The van der Waals surface area contributed by atoms with Crippen LogP contribution in [0.2, 0.25) is 0 Å². The molecule has 186 valence electrons. The summed E-state index contributed by atoms with van der Waals surface area (Å²) in [4.78, 5) is 32.1. The van der Waals surface area contributed by atoms with Crippen LogP contribution in [0.15, 0.2) is 42.6 Å². The number of carbonyl (C=O) groups excluding carboxylic acids is 2. The molecule has 0 bridgehead atoms. The molecule has 1 N–H and O–H groups in total. The molecule has 2 aromatic heterocycles. The molecule has 0 saturated carbocycles. The highest BCUT2D eigenvalue weighted by Gasteiger charge is 2.28. The van der Waals surface area contributed by atoms with E-state index < -0.39 is 0 Å². The van der Waals surface area contributed by atoms with Gasteiger partial charge in [-0.2, -0.15) is 5.26 Å². The Bertz CT molecular complexity index is 1280. The van der Waals surface area contributed by atoms with Crippen LogP contribution in [-0.2, 0) is 35.3 Å². The summed E-state index contributed by atoms with van der Waals surface area (Å²) in [6, 6.07) is 13.8. The minimum absolute atomic E-state index is 0.167. The van der Waals surface area contributed by atoms with E-state index in [9.17, 15) is 14.9 Å². The Kier molecular flexibility index (Phi) is 8.18. The van der Waals surface area contributed by atoms with Crippen molar-refractivity contribution >= 4 is 28.3 Å². The third-order valence-corrected chi connectivity index (χ3v) is 7.18. The van der Waals surface area contributed by atoms with Gasteiger partial charge in [-0.3, -0.25) is 9.78 Å². The molecule has 1 aliphatic heterocycles. The fourth-order valence-corrected chi connectivity index (χ4v) is 5.42. The summed E-state index contributed by atoms with van der Waals surface area (Å²) < 4.78 is 10.8. The number of methoxy groups -OCH3 is 1. The zero-order valence-corrected chi connectivity index (χ0v) is 21.2. The number of nitriles is 1. The van der Waals surface area contributed by atoms with Crippen molar-refractivity contribution in [3.8, 4) is 11.8 Å². The van der Waals surface area contributed by atoms with Crippen molar-refractivity contribution in [3.63, 3.8) is 0 Å². The molecule has 0 radical (unpaired) electrons. The highest BCUT2D eigenvalue weighted by Crippen LogP contribution is 2.37. The van der Waals surface area contributed by atoms with E-state index >= 15 is 0 Å². The lowest BCUT2D eigenvalue weighted by Crippen LogP contribution is -2.36. The molecule has 4 rings (SSSR count). The molecule has 9 heteroatoms. The molecule has 0 aliphatic carbocycles. The Labute approximate surface area is 214 Å². The lowest BCUT2D eigenvalue weighted by atomic mass is 10.0. The fourth-order valence-electron chi connectivity index (χ4n) is 4.19. The number of rotatable bonds is 8. The number of hydrogen-bond donors (Lipinski definition) is 1. The molecule has 0 fully saturated rings. The standard InChI is InChI=1S/C27H28N4O4S/c1-18-6-8-23(34-2)19(15-18)7-9-25(32)30-26-22(16-28)21-10-13-31(17-24(21)36-26)27(33)35-14-11-20-5-3-4-12-29-20/h3-6,8,12,15H,7,9-11,13-14,17H2,1-2H3,(H,30,32). The summed E-state index contributed by atoms with van der Waals surface area (Å²) in [7, 11) is 1.61. The number of benzene rings is 1. The van der Waals surface area contributed by atoms with E-state index in [1.165, 1.54) is 11.3 Å². The van der Waals surface area contributed by atoms with E-state index in [1.54, 1.807) is 18.2 Å². The van der Waals surface area contributed by atoms with Crippen molar-refractivity contribution in [3.05, 3.63) is 75.4 Å². The number of anilines is 1. The Morgan fingerprint density at radius 3 is 2.86 bits per heavy atom. The monoisotopic (exact) mass is 504 g/mol. The summed E-state index contributed by atoms with van der Waals surface area (Å²) in [6.07, 6.45) is 3.21. The van der Waals surface area contributed by atoms with Gasteiger partial charge in [0.1, 0.15) is 16.8 Å². The lowest BCUT2D eigenvalue weighted by Gasteiger charge is -2.26. The average molecular weight is 505 g/mol. The van der Waals surface area contributed by atoms with Gasteiger partial charge in [0, 0.05) is 36.2 Å². The van der Waals surface area contributed by atoms with Crippen LogP contribution in [0.3, 0.4) is 0 Å². The molecule has 0 unspecified atom stereocenters. The van der Waals surface area contributed by atoms with Crippen LogP contribution >= 0.6 is 11.3 Å². The highest BCUT2D eigenvalue weighted by molar-refractivity contribution is 7.16. The first-order valence-corrected chi connectivity index (χ1v) is 12.6. The second kappa shape index (κ2) is 11.7. The first-order chi connectivity index (χ1) is 17.5. The van der Waals surface area contributed by atoms with Gasteiger partial charge in [0.05, 0.1) is 25.8 Å². The third-order valence-electron chi connectivity index (χ3n) is 6.05. The summed E-state index contributed by atoms with van der Waals surface area (Å²) in [6.45, 7) is 3.06. The molecule has 0 spiro atoms. The van der Waals surface area contributed by atoms with Gasteiger partial charge in [0.25, 0.3) is 0 Å². The molecule has 1 aromatic carbocycles. The van der Waals surface area contributed by atoms with Gasteiger partial charge in [-0.1, -0.05) is 23.8 Å².